The SMILES string of the molecule is [Cl-].[Cl][Ni][Cl].[Li+]. The van der Waals surface area contributed by atoms with Crippen LogP contribution in [0.3, 0.4) is 0 Å². The molecule has 0 unspecified atom stereocenters. The third kappa shape index (κ3) is 24.3. The van der Waals surface area contributed by atoms with Crippen molar-refractivity contribution in [2.45, 2.75) is 0 Å². The topological polar surface area (TPSA) is 0 Å². The van der Waals surface area contributed by atoms with Crippen molar-refractivity contribution in [2.24, 2.45) is 0 Å². The number of rotatable bonds is 0. The van der Waals surface area contributed by atoms with Crippen LogP contribution < -0.4 is 31.3 Å². The largest absolute Gasteiger partial charge is 1.00 e. The molecule has 32 valence electrons. The number of hydrogen-bond donors (Lipinski definition) is 0. The summed E-state index contributed by atoms with van der Waals surface area (Å²) >= 11 is 0.569. The molecular formula is Cl3LiNi. The van der Waals surface area contributed by atoms with Crippen molar-refractivity contribution in [2.75, 3.05) is 0 Å². The first-order valence-electron chi connectivity index (χ1n) is 0.239. The molecule has 0 saturated carbocycles. The Kier molecular flexibility index (Phi) is 52.8. The third-order valence-electron chi connectivity index (χ3n) is 0. The summed E-state index contributed by atoms with van der Waals surface area (Å²) in [6, 6.07) is 0. The fourth-order valence-electron chi connectivity index (χ4n) is 0. The predicted molar refractivity (Wildman–Crippen MR) is 11.7 cm³/mol. The second kappa shape index (κ2) is 16.7. The van der Waals surface area contributed by atoms with Crippen molar-refractivity contribution in [3.05, 3.63) is 0 Å². The maximum atomic E-state index is 4.70. The first-order valence-corrected chi connectivity index (χ1v) is 2.96. The molecule has 0 N–H and O–H groups in total. The van der Waals surface area contributed by atoms with E-state index >= 15 is 0 Å². The molecule has 0 aliphatic carbocycles. The molecule has 0 aliphatic heterocycles. The normalized spacial score (nSPS) is 4.40. The summed E-state index contributed by atoms with van der Waals surface area (Å²) in [7, 11) is 9.40. The van der Waals surface area contributed by atoms with E-state index in [1.54, 1.807) is 0 Å². The van der Waals surface area contributed by atoms with E-state index in [1.807, 2.05) is 0 Å². The Bertz CT molecular complexity index is 6.85. The maximum Gasteiger partial charge on any atom is 1.00 e. The molecule has 5 heteroatoms. The second-order valence-corrected chi connectivity index (χ2v) is 1.68. The van der Waals surface area contributed by atoms with E-state index in [-0.39, 0.29) is 31.3 Å². The average molecular weight is 172 g/mol. The Morgan fingerprint density at radius 2 is 1.20 bits per heavy atom. The molecule has 0 nitrogen and oxygen atoms in total. The summed E-state index contributed by atoms with van der Waals surface area (Å²) in [5.41, 5.74) is 0. The van der Waals surface area contributed by atoms with Gasteiger partial charge in [-0.2, -0.15) is 0 Å². The van der Waals surface area contributed by atoms with E-state index in [9.17, 15) is 0 Å². The third-order valence-corrected chi connectivity index (χ3v) is 0. The van der Waals surface area contributed by atoms with Crippen LogP contribution in [0.2, 0.25) is 0 Å². The summed E-state index contributed by atoms with van der Waals surface area (Å²) in [6.07, 6.45) is 0. The average Bonchev–Trinajstić information content (AvgIpc) is 0.918. The molecule has 0 atom stereocenters. The van der Waals surface area contributed by atoms with Crippen LogP contribution in [0.1, 0.15) is 0 Å². The molecule has 0 aromatic carbocycles. The van der Waals surface area contributed by atoms with Crippen LogP contribution in [0.5, 0.6) is 0 Å². The predicted octanol–water partition coefficient (Wildman–Crippen LogP) is -4.62. The molecule has 0 saturated heterocycles. The van der Waals surface area contributed by atoms with Gasteiger partial charge in [-0.05, 0) is 0 Å². The van der Waals surface area contributed by atoms with Crippen LogP contribution in [0.25, 0.3) is 0 Å². The second-order valence-electron chi connectivity index (χ2n) is 0.0452. The molecule has 0 fully saturated rings. The Morgan fingerprint density at radius 1 is 1.20 bits per heavy atom. The van der Waals surface area contributed by atoms with Crippen molar-refractivity contribution in [1.82, 2.24) is 0 Å². The van der Waals surface area contributed by atoms with E-state index in [0.717, 1.165) is 0 Å². The van der Waals surface area contributed by atoms with Crippen molar-refractivity contribution in [1.29, 1.82) is 0 Å². The molecule has 0 spiro atoms. The Balaban J connectivity index is -0.0000000200. The quantitative estimate of drug-likeness (QED) is 0.322. The molecule has 0 heterocycles. The Labute approximate surface area is 63.9 Å². The van der Waals surface area contributed by atoms with Crippen molar-refractivity contribution >= 4 is 20.4 Å². The molecule has 0 aromatic rings. The minimum absolute atomic E-state index is 0. The zero-order valence-corrected chi connectivity index (χ0v) is 5.71. The van der Waals surface area contributed by atoms with Gasteiger partial charge in [0.2, 0.25) is 0 Å². The zero-order chi connectivity index (χ0) is 2.71. The molecule has 0 radical (unpaired) electrons. The van der Waals surface area contributed by atoms with Crippen LogP contribution in [-0.4, -0.2) is 0 Å². The fourth-order valence-corrected chi connectivity index (χ4v) is 0. The molecule has 5 heavy (non-hydrogen) atoms. The van der Waals surface area contributed by atoms with Crippen LogP contribution in [0.15, 0.2) is 0 Å². The minimum Gasteiger partial charge on any atom is 1.00 e. The van der Waals surface area contributed by atoms with E-state index in [4.69, 9.17) is 20.4 Å². The van der Waals surface area contributed by atoms with Crippen molar-refractivity contribution in [3.63, 3.8) is 0 Å². The number of halogens is 3. The van der Waals surface area contributed by atoms with Crippen molar-refractivity contribution in [3.8, 4) is 0 Å². The van der Waals surface area contributed by atoms with Gasteiger partial charge in [-0.3, -0.25) is 0 Å². The van der Waals surface area contributed by atoms with E-state index in [1.165, 1.54) is 0 Å². The summed E-state index contributed by atoms with van der Waals surface area (Å²) in [6.45, 7) is 0. The Hall–Kier alpha value is 1.96. The number of hydrogen-bond acceptors (Lipinski definition) is 0. The van der Waals surface area contributed by atoms with E-state index in [0.29, 0.717) is 12.7 Å². The molecule has 0 amide bonds. The molecular weight excluding hydrogens is 172 g/mol. The first-order chi connectivity index (χ1) is 1.41. The van der Waals surface area contributed by atoms with Gasteiger partial charge in [0.15, 0.2) is 0 Å². The molecule has 0 rings (SSSR count). The fraction of sp³-hybridized carbons (Fsp3) is 0. The van der Waals surface area contributed by atoms with Gasteiger partial charge < -0.3 is 12.4 Å². The summed E-state index contributed by atoms with van der Waals surface area (Å²) in [5.74, 6) is 0. The van der Waals surface area contributed by atoms with E-state index in [2.05, 4.69) is 0 Å². The molecule has 0 bridgehead atoms. The Morgan fingerprint density at radius 3 is 1.20 bits per heavy atom. The smallest absolute Gasteiger partial charge is 1.00 e. The summed E-state index contributed by atoms with van der Waals surface area (Å²) < 4.78 is 0. The van der Waals surface area contributed by atoms with Crippen LogP contribution in [-0.2, 0) is 12.7 Å². The van der Waals surface area contributed by atoms with Crippen LogP contribution in [0.4, 0.5) is 0 Å². The van der Waals surface area contributed by atoms with Gasteiger partial charge in [0.25, 0.3) is 0 Å². The molecule has 0 aromatic heterocycles. The van der Waals surface area contributed by atoms with Gasteiger partial charge in [-0.25, -0.2) is 0 Å². The monoisotopic (exact) mass is 170 g/mol. The maximum absolute atomic E-state index is 4.70. The van der Waals surface area contributed by atoms with Gasteiger partial charge in [0, 0.05) is 0 Å². The van der Waals surface area contributed by atoms with Gasteiger partial charge in [-0.1, -0.05) is 0 Å². The zero-order valence-electron chi connectivity index (χ0n) is 2.45. The first kappa shape index (κ1) is 15.8. The standard InChI is InChI=1S/3ClH.Li.Ni/h3*1H;;/q;;;+1;+2/p-3. The molecule has 0 aliphatic rings. The van der Waals surface area contributed by atoms with Gasteiger partial charge in [0.05, 0.1) is 0 Å². The summed E-state index contributed by atoms with van der Waals surface area (Å²) in [5, 5.41) is 0. The summed E-state index contributed by atoms with van der Waals surface area (Å²) in [4.78, 5) is 0. The van der Waals surface area contributed by atoms with Gasteiger partial charge in [0.1, 0.15) is 0 Å². The van der Waals surface area contributed by atoms with Crippen LogP contribution >= 0.6 is 20.4 Å². The minimum atomic E-state index is 0. The van der Waals surface area contributed by atoms with E-state index < -0.39 is 0 Å². The van der Waals surface area contributed by atoms with Gasteiger partial charge >= 0.3 is 51.9 Å². The van der Waals surface area contributed by atoms with Crippen molar-refractivity contribution < 1.29 is 43.9 Å². The van der Waals surface area contributed by atoms with Gasteiger partial charge in [-0.15, -0.1) is 0 Å². The van der Waals surface area contributed by atoms with Crippen LogP contribution in [0, 0.1) is 0 Å².